The zero-order valence-corrected chi connectivity index (χ0v) is 24.7. The molecule has 1 saturated heterocycles. The van der Waals surface area contributed by atoms with E-state index in [4.69, 9.17) is 29.2 Å². The van der Waals surface area contributed by atoms with Crippen molar-refractivity contribution in [3.05, 3.63) is 64.7 Å². The van der Waals surface area contributed by atoms with Gasteiger partial charge in [0.25, 0.3) is 0 Å². The zero-order chi connectivity index (χ0) is 38.1. The van der Waals surface area contributed by atoms with Crippen molar-refractivity contribution >= 4 is 34.0 Å². The molecule has 2 aromatic carbocycles. The summed E-state index contributed by atoms with van der Waals surface area (Å²) in [5.74, 6) is -8.57. The van der Waals surface area contributed by atoms with Crippen LogP contribution in [-0.4, -0.2) is 73.9 Å². The van der Waals surface area contributed by atoms with Gasteiger partial charge in [0.2, 0.25) is 11.9 Å². The molecule has 14 nitrogen and oxygen atoms in total. The van der Waals surface area contributed by atoms with E-state index in [0.717, 1.165) is 24.3 Å². The molecule has 18 heteroatoms. The average Bonchev–Trinajstić information content (AvgIpc) is 3.09. The Morgan fingerprint density at radius 3 is 2.13 bits per heavy atom. The molecule has 0 bridgehead atoms. The lowest BCUT2D eigenvalue weighted by Gasteiger charge is -2.48. The van der Waals surface area contributed by atoms with Gasteiger partial charge in [-0.05, 0) is 41.8 Å². The normalized spacial score (nSPS) is 23.8. The van der Waals surface area contributed by atoms with Crippen LogP contribution in [-0.2, 0) is 65.2 Å². The standard InChI is InChI=1S/C29H28F3NO13S/c1-15(34)41-14-24-25(42-16(2)35)26(43-17(3)36)27(44-18(4)37)28(38,45-24)22-8-7-20(13-33)21(12-22)11-19-5-9-23(10-6-19)46-47(39,40)29(30,31)32/h5-10,12,24-27,38H,11,14H2,1-4H3/t24-,25-,26+,27-,28?/m1/s1/i1D,2D,3D,4D. The molecule has 1 unspecified atom stereocenters. The van der Waals surface area contributed by atoms with E-state index in [2.05, 4.69) is 4.18 Å². The highest BCUT2D eigenvalue weighted by Crippen LogP contribution is 2.41. The number of nitrogens with zero attached hydrogens (tertiary/aromatic N) is 1. The number of alkyl halides is 3. The van der Waals surface area contributed by atoms with Gasteiger partial charge in [-0.1, -0.05) is 18.2 Å². The van der Waals surface area contributed by atoms with E-state index >= 15 is 0 Å². The van der Waals surface area contributed by atoms with Crippen molar-refractivity contribution in [3.63, 3.8) is 0 Å². The molecule has 3 rings (SSSR count). The number of esters is 4. The lowest BCUT2D eigenvalue weighted by atomic mass is 9.85. The number of hydrogen-bond acceptors (Lipinski definition) is 14. The first-order valence-electron chi connectivity index (χ1n) is 15.7. The molecule has 0 radical (unpaired) electrons. The van der Waals surface area contributed by atoms with Gasteiger partial charge >= 0.3 is 39.5 Å². The van der Waals surface area contributed by atoms with Crippen LogP contribution in [0.3, 0.4) is 0 Å². The Morgan fingerprint density at radius 1 is 0.957 bits per heavy atom. The summed E-state index contributed by atoms with van der Waals surface area (Å²) in [7, 11) is -5.96. The van der Waals surface area contributed by atoms with Crippen LogP contribution in [0, 0.1) is 11.3 Å². The first-order chi connectivity index (χ1) is 23.9. The number of rotatable bonds is 10. The van der Waals surface area contributed by atoms with Crippen molar-refractivity contribution in [3.8, 4) is 11.8 Å². The molecule has 1 aliphatic heterocycles. The Labute approximate surface area is 271 Å². The van der Waals surface area contributed by atoms with Crippen molar-refractivity contribution in [2.24, 2.45) is 0 Å². The zero-order valence-electron chi connectivity index (χ0n) is 27.9. The third-order valence-corrected chi connectivity index (χ3v) is 7.33. The van der Waals surface area contributed by atoms with Crippen LogP contribution in [0.1, 0.15) is 55.3 Å². The SMILES string of the molecule is [2H]CC(=O)OC[C@H]1OC(O)(c2ccc(C#N)c(Cc3ccc(OS(=O)(=O)C(F)(F)F)cc3)c2)[C@H](OC(=O)C[2H])[C@@H](OC(=O)C[2H])[C@@H]1OC(=O)C[2H]. The smallest absolute Gasteiger partial charge is 0.463 e. The summed E-state index contributed by atoms with van der Waals surface area (Å²) < 4.78 is 121. The van der Waals surface area contributed by atoms with E-state index in [0.29, 0.717) is 0 Å². The predicted octanol–water partition coefficient (Wildman–Crippen LogP) is 2.28. The average molecular weight is 692 g/mol. The monoisotopic (exact) mass is 691 g/mol. The molecule has 1 N–H and O–H groups in total. The van der Waals surface area contributed by atoms with Crippen molar-refractivity contribution in [2.75, 3.05) is 6.61 Å². The van der Waals surface area contributed by atoms with Gasteiger partial charge < -0.3 is 33.0 Å². The van der Waals surface area contributed by atoms with E-state index in [-0.39, 0.29) is 28.7 Å². The maximum atomic E-state index is 12.7. The molecule has 5 atom stereocenters. The molecule has 254 valence electrons. The lowest BCUT2D eigenvalue weighted by Crippen LogP contribution is -2.66. The quantitative estimate of drug-likeness (QED) is 0.165. The molecule has 47 heavy (non-hydrogen) atoms. The second-order valence-corrected chi connectivity index (χ2v) is 11.2. The molecule has 0 aromatic heterocycles. The van der Waals surface area contributed by atoms with E-state index in [1.807, 2.05) is 6.07 Å². The van der Waals surface area contributed by atoms with Crippen LogP contribution in [0.4, 0.5) is 13.2 Å². The topological polar surface area (TPSA) is 202 Å². The van der Waals surface area contributed by atoms with E-state index in [1.165, 1.54) is 18.2 Å². The fourth-order valence-electron chi connectivity index (χ4n) is 4.50. The Hall–Kier alpha value is -4.73. The molecular weight excluding hydrogens is 659 g/mol. The van der Waals surface area contributed by atoms with Crippen LogP contribution in [0.5, 0.6) is 5.75 Å². The number of benzene rings is 2. The summed E-state index contributed by atoms with van der Waals surface area (Å²) in [6.07, 6.45) is -8.07. The maximum Gasteiger partial charge on any atom is 0.534 e. The Kier molecular flexibility index (Phi) is 9.44. The van der Waals surface area contributed by atoms with Crippen LogP contribution < -0.4 is 4.18 Å². The van der Waals surface area contributed by atoms with Crippen LogP contribution in [0.15, 0.2) is 42.5 Å². The predicted molar refractivity (Wildman–Crippen MR) is 148 cm³/mol. The van der Waals surface area contributed by atoms with Gasteiger partial charge in [0.15, 0.2) is 12.2 Å². The number of nitriles is 1. The molecule has 0 aliphatic carbocycles. The summed E-state index contributed by atoms with van der Waals surface area (Å²) >= 11 is 0. The summed E-state index contributed by atoms with van der Waals surface area (Å²) in [4.78, 5) is 49.0. The Morgan fingerprint density at radius 2 is 1.55 bits per heavy atom. The summed E-state index contributed by atoms with van der Waals surface area (Å²) in [6.45, 7) is -4.80. The highest BCUT2D eigenvalue weighted by Gasteiger charge is 2.60. The highest BCUT2D eigenvalue weighted by molar-refractivity contribution is 7.88. The highest BCUT2D eigenvalue weighted by atomic mass is 32.2. The molecule has 0 amide bonds. The first kappa shape index (κ1) is 30.9. The summed E-state index contributed by atoms with van der Waals surface area (Å²) in [5, 5.41) is 21.9. The number of hydrogen-bond donors (Lipinski definition) is 1. The number of carbonyl (C=O) groups excluding carboxylic acids is 4. The Balaban J connectivity index is 2.15. The van der Waals surface area contributed by atoms with Crippen LogP contribution in [0.25, 0.3) is 0 Å². The fraction of sp³-hybridized carbons (Fsp3) is 0.414. The largest absolute Gasteiger partial charge is 0.534 e. The maximum absolute atomic E-state index is 12.7. The number of ether oxygens (including phenoxy) is 5. The molecule has 1 heterocycles. The minimum atomic E-state index is -5.96. The molecular formula is C29H28F3NO13S. The van der Waals surface area contributed by atoms with Crippen molar-refractivity contribution in [2.45, 2.75) is 69.7 Å². The third kappa shape index (κ3) is 8.96. The van der Waals surface area contributed by atoms with Crippen LogP contribution >= 0.6 is 0 Å². The molecule has 0 spiro atoms. The molecule has 2 aromatic rings. The van der Waals surface area contributed by atoms with Crippen molar-refractivity contribution in [1.82, 2.24) is 0 Å². The lowest BCUT2D eigenvalue weighted by molar-refractivity contribution is -0.360. The fourth-order valence-corrected chi connectivity index (χ4v) is 4.96. The van der Waals surface area contributed by atoms with Crippen molar-refractivity contribution in [1.29, 1.82) is 5.26 Å². The van der Waals surface area contributed by atoms with Gasteiger partial charge in [-0.3, -0.25) is 19.2 Å². The van der Waals surface area contributed by atoms with Gasteiger partial charge in [-0.15, -0.1) is 0 Å². The number of carbonyl (C=O) groups is 4. The van der Waals surface area contributed by atoms with E-state index in [9.17, 15) is 51.1 Å². The van der Waals surface area contributed by atoms with Gasteiger partial charge in [0.1, 0.15) is 18.5 Å². The van der Waals surface area contributed by atoms with Gasteiger partial charge in [0, 0.05) is 38.6 Å². The molecule has 1 fully saturated rings. The summed E-state index contributed by atoms with van der Waals surface area (Å²) in [6, 6.07) is 9.53. The summed E-state index contributed by atoms with van der Waals surface area (Å²) in [5.41, 5.74) is -5.68. The Bertz CT molecular complexity index is 1760. The van der Waals surface area contributed by atoms with Gasteiger partial charge in [-0.2, -0.15) is 26.9 Å². The minimum absolute atomic E-state index is 0.0294. The number of aliphatic hydroxyl groups is 1. The van der Waals surface area contributed by atoms with E-state index < -0.39 is 110 Å². The van der Waals surface area contributed by atoms with Gasteiger partial charge in [-0.25, -0.2) is 0 Å². The molecule has 0 saturated carbocycles. The second-order valence-electron chi connectivity index (χ2n) is 9.64. The van der Waals surface area contributed by atoms with E-state index in [1.54, 1.807) is 0 Å². The van der Waals surface area contributed by atoms with Crippen molar-refractivity contribution < 1.29 is 79.2 Å². The minimum Gasteiger partial charge on any atom is -0.463 e. The van der Waals surface area contributed by atoms with Gasteiger partial charge in [0.05, 0.1) is 11.6 Å². The van der Waals surface area contributed by atoms with Crippen LogP contribution in [0.2, 0.25) is 0 Å². The number of halogens is 3. The second kappa shape index (κ2) is 14.4. The third-order valence-electron chi connectivity index (χ3n) is 6.35. The first-order valence-corrected chi connectivity index (χ1v) is 14.3. The molecule has 1 aliphatic rings.